The van der Waals surface area contributed by atoms with Gasteiger partial charge in [0.1, 0.15) is 0 Å². The highest BCUT2D eigenvalue weighted by molar-refractivity contribution is 7.89. The molecule has 2 aromatic rings. The van der Waals surface area contributed by atoms with Crippen LogP contribution in [0.4, 0.5) is 0 Å². The summed E-state index contributed by atoms with van der Waals surface area (Å²) in [5.74, 6) is 1.05. The van der Waals surface area contributed by atoms with Gasteiger partial charge in [-0.25, -0.2) is 8.42 Å². The summed E-state index contributed by atoms with van der Waals surface area (Å²) in [7, 11) is -0.304. The van der Waals surface area contributed by atoms with Crippen molar-refractivity contribution in [2.45, 2.75) is 30.7 Å². The largest absolute Gasteiger partial charge is 0.493 e. The van der Waals surface area contributed by atoms with Gasteiger partial charge in [0.25, 0.3) is 0 Å². The van der Waals surface area contributed by atoms with E-state index in [0.29, 0.717) is 36.0 Å². The molecule has 0 unspecified atom stereocenters. The number of ether oxygens (including phenoxy) is 2. The van der Waals surface area contributed by atoms with Gasteiger partial charge in [-0.2, -0.15) is 4.31 Å². The van der Waals surface area contributed by atoms with E-state index in [2.05, 4.69) is 5.32 Å². The van der Waals surface area contributed by atoms with Gasteiger partial charge >= 0.3 is 0 Å². The van der Waals surface area contributed by atoms with Crippen molar-refractivity contribution in [3.05, 3.63) is 53.6 Å². The summed E-state index contributed by atoms with van der Waals surface area (Å²) < 4.78 is 37.1. The molecule has 29 heavy (non-hydrogen) atoms. The third-order valence-electron chi connectivity index (χ3n) is 4.93. The Hall–Kier alpha value is -2.58. The van der Waals surface area contributed by atoms with Crippen molar-refractivity contribution in [3.8, 4) is 11.5 Å². The maximum absolute atomic E-state index is 12.6. The number of carbonyl (C=O) groups is 1. The number of nitrogens with zero attached hydrogens (tertiary/aromatic N) is 1. The molecule has 3 rings (SSSR count). The minimum absolute atomic E-state index is 0.133. The van der Waals surface area contributed by atoms with Crippen molar-refractivity contribution in [1.29, 1.82) is 0 Å². The maximum Gasteiger partial charge on any atom is 0.243 e. The number of carbonyl (C=O) groups excluding carboxylic acids is 1. The van der Waals surface area contributed by atoms with E-state index in [0.717, 1.165) is 24.0 Å². The van der Waals surface area contributed by atoms with Crippen molar-refractivity contribution in [3.63, 3.8) is 0 Å². The normalized spacial score (nSPS) is 14.6. The van der Waals surface area contributed by atoms with E-state index in [4.69, 9.17) is 9.47 Å². The number of sulfonamides is 1. The molecule has 1 aliphatic heterocycles. The second kappa shape index (κ2) is 9.28. The molecule has 1 amide bonds. The van der Waals surface area contributed by atoms with Crippen molar-refractivity contribution < 1.29 is 22.7 Å². The van der Waals surface area contributed by atoms with Gasteiger partial charge in [0, 0.05) is 19.6 Å². The van der Waals surface area contributed by atoms with Crippen LogP contribution in [0.3, 0.4) is 0 Å². The second-order valence-electron chi connectivity index (χ2n) is 6.90. The zero-order chi connectivity index (χ0) is 20.9. The predicted molar refractivity (Wildman–Crippen MR) is 110 cm³/mol. The third-order valence-corrected chi connectivity index (χ3v) is 6.84. The van der Waals surface area contributed by atoms with Crippen LogP contribution >= 0.6 is 0 Å². The number of hydrogen-bond donors (Lipinski definition) is 1. The molecule has 0 atom stereocenters. The lowest BCUT2D eigenvalue weighted by Crippen LogP contribution is -2.28. The van der Waals surface area contributed by atoms with Gasteiger partial charge in [0.15, 0.2) is 11.5 Å². The summed E-state index contributed by atoms with van der Waals surface area (Å²) >= 11 is 0. The molecule has 8 heteroatoms. The Kier molecular flexibility index (Phi) is 6.76. The lowest BCUT2D eigenvalue weighted by atomic mass is 10.1. The first-order valence-corrected chi connectivity index (χ1v) is 10.9. The number of hydrogen-bond acceptors (Lipinski definition) is 5. The summed E-state index contributed by atoms with van der Waals surface area (Å²) in [6.45, 7) is 1.49. The average Bonchev–Trinajstić information content (AvgIpc) is 3.28. The fourth-order valence-electron chi connectivity index (χ4n) is 3.30. The van der Waals surface area contributed by atoms with Crippen molar-refractivity contribution in [1.82, 2.24) is 9.62 Å². The van der Waals surface area contributed by atoms with E-state index in [9.17, 15) is 13.2 Å². The fraction of sp³-hybridized carbons (Fsp3) is 0.381. The van der Waals surface area contributed by atoms with E-state index in [1.807, 2.05) is 6.07 Å². The van der Waals surface area contributed by atoms with Crippen LogP contribution in [0.15, 0.2) is 47.4 Å². The summed E-state index contributed by atoms with van der Waals surface area (Å²) in [6.07, 6.45) is 2.02. The Balaban J connectivity index is 1.56. The van der Waals surface area contributed by atoms with Crippen LogP contribution in [0.2, 0.25) is 0 Å². The molecule has 0 spiro atoms. The molecule has 1 aliphatic rings. The topological polar surface area (TPSA) is 84.9 Å². The molecule has 1 fully saturated rings. The Morgan fingerprint density at radius 1 is 0.966 bits per heavy atom. The number of rotatable bonds is 8. The lowest BCUT2D eigenvalue weighted by molar-refractivity contribution is -0.120. The molecule has 2 aromatic carbocycles. The standard InChI is InChI=1S/C21H26N2O5S/c1-27-19-10-7-17(13-20(19)28-2)14-21(24)22-15-16-5-8-18(9-6-16)29(25,26)23-11-3-4-12-23/h5-10,13H,3-4,11-12,14-15H2,1-2H3,(H,22,24). The minimum atomic E-state index is -3.42. The van der Waals surface area contributed by atoms with E-state index in [1.54, 1.807) is 50.6 Å². The van der Waals surface area contributed by atoms with Crippen LogP contribution in [0, 0.1) is 0 Å². The Labute approximate surface area is 171 Å². The Morgan fingerprint density at radius 2 is 1.59 bits per heavy atom. The van der Waals surface area contributed by atoms with Crippen LogP contribution in [-0.2, 0) is 27.8 Å². The highest BCUT2D eigenvalue weighted by Crippen LogP contribution is 2.27. The van der Waals surface area contributed by atoms with Gasteiger partial charge in [-0.1, -0.05) is 18.2 Å². The van der Waals surface area contributed by atoms with Gasteiger partial charge in [0.2, 0.25) is 15.9 Å². The van der Waals surface area contributed by atoms with Crippen molar-refractivity contribution in [2.75, 3.05) is 27.3 Å². The van der Waals surface area contributed by atoms with Gasteiger partial charge in [-0.05, 0) is 48.2 Å². The highest BCUT2D eigenvalue weighted by atomic mass is 32.2. The molecular weight excluding hydrogens is 392 g/mol. The zero-order valence-corrected chi connectivity index (χ0v) is 17.5. The van der Waals surface area contributed by atoms with Crippen LogP contribution < -0.4 is 14.8 Å². The molecule has 156 valence electrons. The first kappa shape index (κ1) is 21.1. The molecule has 1 saturated heterocycles. The van der Waals surface area contributed by atoms with Gasteiger partial charge in [0.05, 0.1) is 25.5 Å². The molecule has 0 radical (unpaired) electrons. The van der Waals surface area contributed by atoms with Gasteiger partial charge in [-0.3, -0.25) is 4.79 Å². The van der Waals surface area contributed by atoms with E-state index >= 15 is 0 Å². The smallest absolute Gasteiger partial charge is 0.243 e. The molecule has 0 aliphatic carbocycles. The van der Waals surface area contributed by atoms with E-state index < -0.39 is 10.0 Å². The highest BCUT2D eigenvalue weighted by Gasteiger charge is 2.26. The molecule has 0 aromatic heterocycles. The van der Waals surface area contributed by atoms with Crippen LogP contribution in [0.5, 0.6) is 11.5 Å². The molecule has 0 saturated carbocycles. The van der Waals surface area contributed by atoms with Gasteiger partial charge in [-0.15, -0.1) is 0 Å². The molecular formula is C21H26N2O5S. The maximum atomic E-state index is 12.6. The van der Waals surface area contributed by atoms with Crippen LogP contribution in [-0.4, -0.2) is 45.9 Å². The van der Waals surface area contributed by atoms with Crippen molar-refractivity contribution >= 4 is 15.9 Å². The number of benzene rings is 2. The predicted octanol–water partition coefficient (Wildman–Crippen LogP) is 2.35. The van der Waals surface area contributed by atoms with Crippen molar-refractivity contribution in [2.24, 2.45) is 0 Å². The first-order valence-electron chi connectivity index (χ1n) is 9.50. The monoisotopic (exact) mass is 418 g/mol. The summed E-state index contributed by atoms with van der Waals surface area (Å²) in [5, 5.41) is 2.86. The van der Waals surface area contributed by atoms with Gasteiger partial charge < -0.3 is 14.8 Å². The van der Waals surface area contributed by atoms with E-state index in [1.165, 1.54) is 4.31 Å². The lowest BCUT2D eigenvalue weighted by Gasteiger charge is -2.15. The van der Waals surface area contributed by atoms with Crippen LogP contribution in [0.25, 0.3) is 0 Å². The second-order valence-corrected chi connectivity index (χ2v) is 8.84. The van der Waals surface area contributed by atoms with Crippen LogP contribution in [0.1, 0.15) is 24.0 Å². The molecule has 1 heterocycles. The number of nitrogens with one attached hydrogen (secondary N) is 1. The zero-order valence-electron chi connectivity index (χ0n) is 16.7. The minimum Gasteiger partial charge on any atom is -0.493 e. The summed E-state index contributed by atoms with van der Waals surface area (Å²) in [4.78, 5) is 12.5. The number of methoxy groups -OCH3 is 2. The molecule has 0 bridgehead atoms. The Morgan fingerprint density at radius 3 is 2.21 bits per heavy atom. The quantitative estimate of drug-likeness (QED) is 0.711. The average molecular weight is 419 g/mol. The SMILES string of the molecule is COc1ccc(CC(=O)NCc2ccc(S(=O)(=O)N3CCCC3)cc2)cc1OC. The Bertz CT molecular complexity index is 952. The molecule has 1 N–H and O–H groups in total. The first-order chi connectivity index (χ1) is 13.9. The third kappa shape index (κ3) is 5.07. The summed E-state index contributed by atoms with van der Waals surface area (Å²) in [5.41, 5.74) is 1.65. The van der Waals surface area contributed by atoms with E-state index in [-0.39, 0.29) is 12.3 Å². The summed E-state index contributed by atoms with van der Waals surface area (Å²) in [6, 6.07) is 12.0. The number of amides is 1. The fourth-order valence-corrected chi connectivity index (χ4v) is 4.81. The molecule has 7 nitrogen and oxygen atoms in total.